The highest BCUT2D eigenvalue weighted by Gasteiger charge is 2.31. The molecule has 1 aliphatic heterocycles. The van der Waals surface area contributed by atoms with Crippen molar-refractivity contribution in [2.75, 3.05) is 18.1 Å². The lowest BCUT2D eigenvalue weighted by atomic mass is 10.0. The molecule has 0 bridgehead atoms. The van der Waals surface area contributed by atoms with Gasteiger partial charge in [0, 0.05) is 18.3 Å². The average Bonchev–Trinajstić information content (AvgIpc) is 2.80. The highest BCUT2D eigenvalue weighted by atomic mass is 32.2. The summed E-state index contributed by atoms with van der Waals surface area (Å²) in [7, 11) is 0. The Bertz CT molecular complexity index is 268. The summed E-state index contributed by atoms with van der Waals surface area (Å²) in [5.41, 5.74) is -0.702. The standard InChI is InChI=1S/C14H28N2O2S/c1-3-4-5-6-7-12(2)16-13(17)15-10-14(18)8-9-19-11-14/h12,18H,3-11H2,1-2H3,(H2,15,16,17). The number of carbonyl (C=O) groups excluding carboxylic acids is 1. The van der Waals surface area contributed by atoms with Crippen molar-refractivity contribution < 1.29 is 9.90 Å². The van der Waals surface area contributed by atoms with Crippen molar-refractivity contribution in [3.05, 3.63) is 0 Å². The molecule has 1 saturated heterocycles. The first-order valence-electron chi connectivity index (χ1n) is 7.40. The van der Waals surface area contributed by atoms with Crippen LogP contribution in [0.3, 0.4) is 0 Å². The van der Waals surface area contributed by atoms with Crippen LogP contribution < -0.4 is 10.6 Å². The molecule has 0 aromatic heterocycles. The van der Waals surface area contributed by atoms with Crippen molar-refractivity contribution in [3.8, 4) is 0 Å². The quantitative estimate of drug-likeness (QED) is 0.601. The Morgan fingerprint density at radius 3 is 2.84 bits per heavy atom. The van der Waals surface area contributed by atoms with E-state index in [-0.39, 0.29) is 12.1 Å². The van der Waals surface area contributed by atoms with Gasteiger partial charge in [-0.05, 0) is 25.5 Å². The first-order chi connectivity index (χ1) is 9.06. The Morgan fingerprint density at radius 2 is 2.21 bits per heavy atom. The number of nitrogens with one attached hydrogen (secondary N) is 2. The van der Waals surface area contributed by atoms with Gasteiger partial charge < -0.3 is 15.7 Å². The molecule has 0 spiro atoms. The highest BCUT2D eigenvalue weighted by molar-refractivity contribution is 7.99. The molecule has 2 unspecified atom stereocenters. The minimum Gasteiger partial charge on any atom is -0.387 e. The van der Waals surface area contributed by atoms with Gasteiger partial charge in [0.15, 0.2) is 0 Å². The minimum absolute atomic E-state index is 0.159. The first kappa shape index (κ1) is 16.6. The van der Waals surface area contributed by atoms with Gasteiger partial charge in [-0.25, -0.2) is 4.79 Å². The molecule has 0 aromatic carbocycles. The van der Waals surface area contributed by atoms with E-state index in [0.717, 1.165) is 30.8 Å². The molecule has 1 aliphatic rings. The van der Waals surface area contributed by atoms with E-state index < -0.39 is 5.60 Å². The number of rotatable bonds is 8. The van der Waals surface area contributed by atoms with Crippen LogP contribution >= 0.6 is 11.8 Å². The lowest BCUT2D eigenvalue weighted by Gasteiger charge is -2.22. The Hall–Kier alpha value is -0.420. The number of carbonyl (C=O) groups is 1. The summed E-state index contributed by atoms with van der Waals surface area (Å²) in [6.45, 7) is 4.58. The molecule has 0 radical (unpaired) electrons. The Kier molecular flexibility index (Phi) is 7.61. The van der Waals surface area contributed by atoms with E-state index in [1.165, 1.54) is 19.3 Å². The number of aliphatic hydroxyl groups is 1. The molecule has 1 rings (SSSR count). The molecule has 1 heterocycles. The van der Waals surface area contributed by atoms with Crippen molar-refractivity contribution in [3.63, 3.8) is 0 Å². The third-order valence-electron chi connectivity index (χ3n) is 3.53. The van der Waals surface area contributed by atoms with Crippen LogP contribution in [0.4, 0.5) is 4.79 Å². The zero-order valence-electron chi connectivity index (χ0n) is 12.2. The molecule has 112 valence electrons. The summed E-state index contributed by atoms with van der Waals surface area (Å²) in [6.07, 6.45) is 6.69. The fourth-order valence-corrected chi connectivity index (χ4v) is 3.50. The molecule has 3 N–H and O–H groups in total. The van der Waals surface area contributed by atoms with Gasteiger partial charge in [0.1, 0.15) is 0 Å². The van der Waals surface area contributed by atoms with Crippen molar-refractivity contribution in [1.29, 1.82) is 0 Å². The number of unbranched alkanes of at least 4 members (excludes halogenated alkanes) is 3. The average molecular weight is 288 g/mol. The lowest BCUT2D eigenvalue weighted by Crippen LogP contribution is -2.48. The van der Waals surface area contributed by atoms with Crippen molar-refractivity contribution >= 4 is 17.8 Å². The number of amides is 2. The Balaban J connectivity index is 2.09. The smallest absolute Gasteiger partial charge is 0.315 e. The second kappa shape index (κ2) is 8.69. The molecule has 4 nitrogen and oxygen atoms in total. The summed E-state index contributed by atoms with van der Waals surface area (Å²) in [5.74, 6) is 1.70. The predicted molar refractivity (Wildman–Crippen MR) is 81.6 cm³/mol. The van der Waals surface area contributed by atoms with Crippen LogP contribution in [0.1, 0.15) is 52.4 Å². The zero-order chi connectivity index (χ0) is 14.1. The molecule has 1 fully saturated rings. The van der Waals surface area contributed by atoms with E-state index in [0.29, 0.717) is 6.54 Å². The minimum atomic E-state index is -0.702. The highest BCUT2D eigenvalue weighted by Crippen LogP contribution is 2.26. The summed E-state index contributed by atoms with van der Waals surface area (Å²) in [5, 5.41) is 15.8. The molecule has 2 amide bonds. The summed E-state index contributed by atoms with van der Waals surface area (Å²) >= 11 is 1.74. The lowest BCUT2D eigenvalue weighted by molar-refractivity contribution is 0.0698. The molecule has 0 saturated carbocycles. The van der Waals surface area contributed by atoms with Crippen LogP contribution in [0.15, 0.2) is 0 Å². The van der Waals surface area contributed by atoms with E-state index in [2.05, 4.69) is 17.6 Å². The van der Waals surface area contributed by atoms with E-state index in [9.17, 15) is 9.90 Å². The van der Waals surface area contributed by atoms with Crippen molar-refractivity contribution in [1.82, 2.24) is 10.6 Å². The number of hydrogen-bond donors (Lipinski definition) is 3. The van der Waals surface area contributed by atoms with Crippen LogP contribution in [0, 0.1) is 0 Å². The summed E-state index contributed by atoms with van der Waals surface area (Å²) < 4.78 is 0. The number of thioether (sulfide) groups is 1. The first-order valence-corrected chi connectivity index (χ1v) is 8.56. The largest absolute Gasteiger partial charge is 0.387 e. The maximum atomic E-state index is 11.7. The summed E-state index contributed by atoms with van der Waals surface area (Å²) in [4.78, 5) is 11.7. The normalized spacial score (nSPS) is 24.2. The molecular weight excluding hydrogens is 260 g/mol. The maximum absolute atomic E-state index is 11.7. The van der Waals surface area contributed by atoms with Gasteiger partial charge in [-0.15, -0.1) is 0 Å². The molecule has 19 heavy (non-hydrogen) atoms. The van der Waals surface area contributed by atoms with E-state index in [4.69, 9.17) is 0 Å². The molecule has 2 atom stereocenters. The predicted octanol–water partition coefficient (Wildman–Crippen LogP) is 2.51. The fourth-order valence-electron chi connectivity index (χ4n) is 2.20. The van der Waals surface area contributed by atoms with Gasteiger partial charge >= 0.3 is 6.03 Å². The van der Waals surface area contributed by atoms with Gasteiger partial charge in [0.2, 0.25) is 0 Å². The van der Waals surface area contributed by atoms with Gasteiger partial charge in [-0.3, -0.25) is 0 Å². The van der Waals surface area contributed by atoms with E-state index in [1.54, 1.807) is 11.8 Å². The second-order valence-electron chi connectivity index (χ2n) is 5.60. The van der Waals surface area contributed by atoms with Crippen LogP contribution in [-0.4, -0.2) is 40.8 Å². The van der Waals surface area contributed by atoms with Gasteiger partial charge in [0.05, 0.1) is 5.60 Å². The fraction of sp³-hybridized carbons (Fsp3) is 0.929. The third-order valence-corrected chi connectivity index (χ3v) is 4.76. The number of hydrogen-bond acceptors (Lipinski definition) is 3. The number of urea groups is 1. The van der Waals surface area contributed by atoms with Crippen molar-refractivity contribution in [2.24, 2.45) is 0 Å². The van der Waals surface area contributed by atoms with E-state index >= 15 is 0 Å². The monoisotopic (exact) mass is 288 g/mol. The van der Waals surface area contributed by atoms with E-state index in [1.807, 2.05) is 6.92 Å². The SMILES string of the molecule is CCCCCCC(C)NC(=O)NCC1(O)CCSC1. The van der Waals surface area contributed by atoms with Crippen molar-refractivity contribution in [2.45, 2.75) is 64.0 Å². The van der Waals surface area contributed by atoms with Gasteiger partial charge in [-0.1, -0.05) is 32.6 Å². The van der Waals surface area contributed by atoms with Gasteiger partial charge in [0.25, 0.3) is 0 Å². The molecule has 0 aromatic rings. The van der Waals surface area contributed by atoms with Crippen LogP contribution in [0.5, 0.6) is 0 Å². The topological polar surface area (TPSA) is 61.4 Å². The zero-order valence-corrected chi connectivity index (χ0v) is 13.0. The summed E-state index contributed by atoms with van der Waals surface area (Å²) in [6, 6.07) is 0.0396. The Morgan fingerprint density at radius 1 is 1.42 bits per heavy atom. The molecular formula is C14H28N2O2S. The third kappa shape index (κ3) is 7.06. The van der Waals surface area contributed by atoms with Crippen LogP contribution in [0.2, 0.25) is 0 Å². The molecule has 5 heteroatoms. The van der Waals surface area contributed by atoms with Crippen LogP contribution in [0.25, 0.3) is 0 Å². The maximum Gasteiger partial charge on any atom is 0.315 e. The van der Waals surface area contributed by atoms with Gasteiger partial charge in [-0.2, -0.15) is 11.8 Å². The van der Waals surface area contributed by atoms with Crippen LogP contribution in [-0.2, 0) is 0 Å². The second-order valence-corrected chi connectivity index (χ2v) is 6.71. The molecule has 0 aliphatic carbocycles. The Labute approximate surface area is 121 Å².